The molecule has 2 aromatic carbocycles. The number of hydrogen-bond acceptors (Lipinski definition) is 7. The molecule has 230 valence electrons. The van der Waals surface area contributed by atoms with Gasteiger partial charge in [-0.05, 0) is 49.2 Å². The Hall–Kier alpha value is -4.45. The third-order valence-corrected chi connectivity index (χ3v) is 7.59. The molecule has 0 bridgehead atoms. The summed E-state index contributed by atoms with van der Waals surface area (Å²) in [6.07, 6.45) is 2.83. The number of piperidine rings is 1. The molecule has 2 aromatic rings. The van der Waals surface area contributed by atoms with Crippen LogP contribution in [0.3, 0.4) is 0 Å². The van der Waals surface area contributed by atoms with Crippen LogP contribution in [0, 0.1) is 0 Å². The number of para-hydroxylation sites is 1. The monoisotopic (exact) mass is 592 g/mol. The molecular formula is C31H40N6O6. The molecule has 2 heterocycles. The number of fused-ring (bicyclic) bond motifs is 1. The first-order chi connectivity index (χ1) is 20.7. The van der Waals surface area contributed by atoms with Gasteiger partial charge >= 0.3 is 0 Å². The van der Waals surface area contributed by atoms with Crippen LogP contribution in [0.15, 0.2) is 48.5 Å². The van der Waals surface area contributed by atoms with Crippen molar-refractivity contribution < 1.29 is 28.7 Å². The lowest BCUT2D eigenvalue weighted by Crippen LogP contribution is -2.53. The Bertz CT molecular complexity index is 1310. The van der Waals surface area contributed by atoms with Crippen molar-refractivity contribution in [3.8, 4) is 5.75 Å². The summed E-state index contributed by atoms with van der Waals surface area (Å²) >= 11 is 0. The van der Waals surface area contributed by atoms with Crippen LogP contribution < -0.4 is 26.4 Å². The number of carbonyl (C=O) groups excluding carboxylic acids is 5. The zero-order chi connectivity index (χ0) is 30.8. The molecule has 0 aromatic heterocycles. The smallest absolute Gasteiger partial charge is 0.255 e. The molecule has 0 spiro atoms. The maximum Gasteiger partial charge on any atom is 0.255 e. The minimum Gasteiger partial charge on any atom is -0.491 e. The molecule has 43 heavy (non-hydrogen) atoms. The fourth-order valence-electron chi connectivity index (χ4n) is 5.18. The van der Waals surface area contributed by atoms with Crippen LogP contribution in [-0.2, 0) is 32.3 Å². The first-order valence-corrected chi connectivity index (χ1v) is 14.6. The standard InChI is InChI=1S/C31H40N6O6/c1-36-15-16-43-26-8-4-3-7-23(26)29(40)35-24(18-28(39)34-25(31(36)42)17-27(32)38)30(41)33-19-21-9-11-22(12-10-21)20-37-13-5-2-6-14-37/h3-4,7-12,24-25H,2,5-6,13-20H2,1H3,(H2,32,38)(H,33,41)(H,34,39)(H,35,40)/t24-,25-/m0/s1. The van der Waals surface area contributed by atoms with E-state index < -0.39 is 54.5 Å². The second-order valence-electron chi connectivity index (χ2n) is 11.0. The first kappa shape index (κ1) is 31.5. The molecule has 4 rings (SSSR count). The summed E-state index contributed by atoms with van der Waals surface area (Å²) in [6.45, 7) is 3.45. The maximum atomic E-state index is 13.3. The van der Waals surface area contributed by atoms with E-state index in [2.05, 4.69) is 20.9 Å². The Morgan fingerprint density at radius 1 is 0.953 bits per heavy atom. The molecule has 5 amide bonds. The van der Waals surface area contributed by atoms with Gasteiger partial charge in [0.25, 0.3) is 5.91 Å². The quantitative estimate of drug-likeness (QED) is 0.368. The maximum absolute atomic E-state index is 13.3. The number of carbonyl (C=O) groups is 5. The van der Waals surface area contributed by atoms with E-state index in [1.165, 1.54) is 36.8 Å². The molecule has 2 aliphatic heterocycles. The highest BCUT2D eigenvalue weighted by atomic mass is 16.5. The van der Waals surface area contributed by atoms with Crippen molar-refractivity contribution in [1.82, 2.24) is 25.8 Å². The number of nitrogens with one attached hydrogen (secondary N) is 3. The van der Waals surface area contributed by atoms with Gasteiger partial charge in [0.15, 0.2) is 0 Å². The van der Waals surface area contributed by atoms with Crippen molar-refractivity contribution in [3.63, 3.8) is 0 Å². The van der Waals surface area contributed by atoms with Crippen molar-refractivity contribution in [2.75, 3.05) is 33.3 Å². The second-order valence-corrected chi connectivity index (χ2v) is 11.0. The van der Waals surface area contributed by atoms with Gasteiger partial charge in [-0.1, -0.05) is 42.8 Å². The van der Waals surface area contributed by atoms with Gasteiger partial charge in [-0.2, -0.15) is 0 Å². The average Bonchev–Trinajstić information content (AvgIpc) is 2.99. The third-order valence-electron chi connectivity index (χ3n) is 7.59. The molecule has 1 saturated heterocycles. The fraction of sp³-hybridized carbons (Fsp3) is 0.452. The number of benzene rings is 2. The lowest BCUT2D eigenvalue weighted by molar-refractivity contribution is -0.137. The van der Waals surface area contributed by atoms with Crippen LogP contribution in [0.2, 0.25) is 0 Å². The molecule has 12 heteroatoms. The minimum absolute atomic E-state index is 0.0461. The molecule has 5 N–H and O–H groups in total. The van der Waals surface area contributed by atoms with E-state index in [1.54, 1.807) is 24.3 Å². The van der Waals surface area contributed by atoms with Crippen LogP contribution in [0.25, 0.3) is 0 Å². The van der Waals surface area contributed by atoms with Crippen molar-refractivity contribution in [3.05, 3.63) is 65.2 Å². The summed E-state index contributed by atoms with van der Waals surface area (Å²) in [5.74, 6) is -2.92. The topological polar surface area (TPSA) is 163 Å². The Labute approximate surface area is 251 Å². The average molecular weight is 593 g/mol. The van der Waals surface area contributed by atoms with Crippen LogP contribution in [0.5, 0.6) is 5.75 Å². The second kappa shape index (κ2) is 15.1. The fourth-order valence-corrected chi connectivity index (χ4v) is 5.18. The van der Waals surface area contributed by atoms with E-state index in [1.807, 2.05) is 24.3 Å². The first-order valence-electron chi connectivity index (χ1n) is 14.6. The lowest BCUT2D eigenvalue weighted by atomic mass is 10.1. The van der Waals surface area contributed by atoms with Crippen molar-refractivity contribution >= 4 is 29.5 Å². The SMILES string of the molecule is CN1CCOc2ccccc2C(=O)N[C@H](C(=O)NCc2ccc(CN3CCCCC3)cc2)CC(=O)N[C@@H](CC(N)=O)C1=O. The number of likely N-dealkylation sites (N-methyl/N-ethyl adjacent to an activating group) is 1. The van der Waals surface area contributed by atoms with Crippen LogP contribution in [0.4, 0.5) is 0 Å². The van der Waals surface area contributed by atoms with Gasteiger partial charge in [0, 0.05) is 20.1 Å². The van der Waals surface area contributed by atoms with E-state index >= 15 is 0 Å². The summed E-state index contributed by atoms with van der Waals surface area (Å²) in [4.78, 5) is 68.0. The number of likely N-dealkylation sites (tertiary alicyclic amines) is 1. The van der Waals surface area contributed by atoms with Gasteiger partial charge in [0.05, 0.1) is 24.9 Å². The number of amides is 5. The van der Waals surface area contributed by atoms with E-state index in [4.69, 9.17) is 10.5 Å². The summed E-state index contributed by atoms with van der Waals surface area (Å²) < 4.78 is 5.78. The number of primary amides is 1. The van der Waals surface area contributed by atoms with Gasteiger partial charge in [-0.25, -0.2) is 0 Å². The Morgan fingerprint density at radius 3 is 2.37 bits per heavy atom. The third kappa shape index (κ3) is 9.27. The van der Waals surface area contributed by atoms with Crippen molar-refractivity contribution in [2.24, 2.45) is 5.73 Å². The molecule has 0 saturated carbocycles. The molecule has 0 radical (unpaired) electrons. The van der Waals surface area contributed by atoms with Gasteiger partial charge < -0.3 is 31.3 Å². The molecule has 0 aliphatic carbocycles. The zero-order valence-electron chi connectivity index (χ0n) is 24.5. The van der Waals surface area contributed by atoms with Crippen LogP contribution >= 0.6 is 0 Å². The van der Waals surface area contributed by atoms with E-state index in [9.17, 15) is 24.0 Å². The number of hydrogen-bond donors (Lipinski definition) is 4. The molecule has 12 nitrogen and oxygen atoms in total. The van der Waals surface area contributed by atoms with Gasteiger partial charge in [-0.3, -0.25) is 28.9 Å². The van der Waals surface area contributed by atoms with Crippen molar-refractivity contribution in [1.29, 1.82) is 0 Å². The summed E-state index contributed by atoms with van der Waals surface area (Å²) in [5, 5.41) is 7.95. The van der Waals surface area contributed by atoms with E-state index in [0.717, 1.165) is 25.2 Å². The molecule has 2 atom stereocenters. The number of ether oxygens (including phenoxy) is 1. The van der Waals surface area contributed by atoms with Crippen LogP contribution in [-0.4, -0.2) is 84.7 Å². The number of rotatable bonds is 7. The van der Waals surface area contributed by atoms with Crippen LogP contribution in [0.1, 0.15) is 53.6 Å². The Kier molecular flexibility index (Phi) is 11.1. The van der Waals surface area contributed by atoms with Gasteiger partial charge in [-0.15, -0.1) is 0 Å². The Balaban J connectivity index is 1.48. The summed E-state index contributed by atoms with van der Waals surface area (Å²) in [7, 11) is 1.51. The number of nitrogens with two attached hydrogens (primary N) is 1. The van der Waals surface area contributed by atoms with E-state index in [-0.39, 0.29) is 31.0 Å². The highest BCUT2D eigenvalue weighted by molar-refractivity contribution is 6.01. The summed E-state index contributed by atoms with van der Waals surface area (Å²) in [6, 6.07) is 12.0. The highest BCUT2D eigenvalue weighted by Crippen LogP contribution is 2.19. The number of nitrogens with zero attached hydrogens (tertiary/aromatic N) is 2. The molecule has 1 fully saturated rings. The summed E-state index contributed by atoms with van der Waals surface area (Å²) in [5.41, 5.74) is 7.56. The van der Waals surface area contributed by atoms with Gasteiger partial charge in [0.2, 0.25) is 23.6 Å². The molecule has 2 aliphatic rings. The zero-order valence-corrected chi connectivity index (χ0v) is 24.5. The molecular weight excluding hydrogens is 552 g/mol. The predicted molar refractivity (Wildman–Crippen MR) is 159 cm³/mol. The Morgan fingerprint density at radius 2 is 1.65 bits per heavy atom. The van der Waals surface area contributed by atoms with E-state index in [0.29, 0.717) is 0 Å². The predicted octanol–water partition coefficient (Wildman–Crippen LogP) is 0.688. The normalized spacial score (nSPS) is 20.6. The largest absolute Gasteiger partial charge is 0.491 e. The van der Waals surface area contributed by atoms with Gasteiger partial charge in [0.1, 0.15) is 24.4 Å². The molecule has 0 unspecified atom stereocenters. The van der Waals surface area contributed by atoms with Crippen molar-refractivity contribution in [2.45, 2.75) is 57.3 Å². The highest BCUT2D eigenvalue weighted by Gasteiger charge is 2.30. The lowest BCUT2D eigenvalue weighted by Gasteiger charge is -2.26. The minimum atomic E-state index is -1.27.